The topological polar surface area (TPSA) is 121 Å². The van der Waals surface area contributed by atoms with Crippen LogP contribution in [0.4, 0.5) is 0 Å². The van der Waals surface area contributed by atoms with E-state index in [0.717, 1.165) is 6.47 Å². The van der Waals surface area contributed by atoms with E-state index in [1.807, 2.05) is 0 Å². The molecular formula is C19H73MnNa2O7SeZn-. The maximum absolute atomic E-state index is 9.21. The molecule has 0 atom stereocenters. The molecule has 0 aliphatic rings. The molecule has 0 heterocycles. The summed E-state index contributed by atoms with van der Waals surface area (Å²) < 4.78 is 36.0. The summed E-state index contributed by atoms with van der Waals surface area (Å²) in [4.78, 5) is 11.3. The summed E-state index contributed by atoms with van der Waals surface area (Å²) in [7, 11) is -4.36. The molecule has 1 radical (unpaired) electrons. The monoisotopic (exact) mass is 658 g/mol. The number of carbonyl (C=O) groups excluding carboxylic acids is 1. The number of hydrogen-bond donors (Lipinski definition) is 1. The normalized spacial score (nSPS) is 2.77. The maximum atomic E-state index is 9.21. The molecule has 0 saturated carbocycles. The van der Waals surface area contributed by atoms with E-state index in [-0.39, 0.29) is 224 Å². The first-order valence-corrected chi connectivity index (χ1v) is 11.1. The van der Waals surface area contributed by atoms with Crippen molar-refractivity contribution in [3.63, 3.8) is 0 Å². The Balaban J connectivity index is -0.00000000114. The molecule has 0 aromatic rings. The molecule has 31 heavy (non-hydrogen) atoms. The summed E-state index contributed by atoms with van der Waals surface area (Å²) in [6.07, 6.45) is 0. The first-order chi connectivity index (χ1) is 4.91. The van der Waals surface area contributed by atoms with Gasteiger partial charge in [0.15, 0.2) is 0 Å². The second kappa shape index (κ2) is 294. The average molecular weight is 659 g/mol. The molecule has 0 unspecified atom stereocenters. The van der Waals surface area contributed by atoms with Gasteiger partial charge in [-0.2, -0.15) is 0 Å². The van der Waals surface area contributed by atoms with E-state index in [4.69, 9.17) is 13.6 Å². The molecule has 12 heteroatoms. The standard InChI is InChI=1S/CHO3.18CH4.Mn.2Na.O3Se.O.Zn/c2-1-4-3;;;;;;;;;;;;;;;;;;;;;;1-4(2)3;;/h3H;18*1H4;;;;;;/q-1;;;;;;;;;;;;;;;;;;;;;+1;-1;;. The zero-order chi connectivity index (χ0) is 9.91. The van der Waals surface area contributed by atoms with Gasteiger partial charge in [0.25, 0.3) is 0 Å². The average Bonchev–Trinajstić information content (AvgIpc) is 1.89. The van der Waals surface area contributed by atoms with Crippen LogP contribution in [0.25, 0.3) is 0 Å². The fourth-order valence-corrected chi connectivity index (χ4v) is 0. The van der Waals surface area contributed by atoms with E-state index in [2.05, 4.69) is 4.89 Å². The Bertz CT molecular complexity index is 188. The van der Waals surface area contributed by atoms with Crippen molar-refractivity contribution in [2.75, 3.05) is 0 Å². The van der Waals surface area contributed by atoms with Crippen LogP contribution in [0.3, 0.4) is 0 Å². The minimum absolute atomic E-state index is 0. The van der Waals surface area contributed by atoms with Crippen LogP contribution in [0.1, 0.15) is 134 Å². The third-order valence-electron chi connectivity index (χ3n) is 0.0373. The van der Waals surface area contributed by atoms with Crippen LogP contribution in [-0.4, -0.2) is 45.7 Å². The molecule has 0 bridgehead atoms. The third-order valence-corrected chi connectivity index (χ3v) is 0.0373. The van der Waals surface area contributed by atoms with Crippen LogP contribution in [0.15, 0.2) is 0 Å². The molecule has 0 aliphatic heterocycles. The molecule has 0 fully saturated rings. The van der Waals surface area contributed by atoms with Gasteiger partial charge in [-0.1, -0.05) is 134 Å². The van der Waals surface area contributed by atoms with Crippen LogP contribution < -0.4 is 33.7 Å². The van der Waals surface area contributed by atoms with Gasteiger partial charge in [-0.05, 0) is 6.47 Å². The van der Waals surface area contributed by atoms with Crippen LogP contribution in [0.5, 0.6) is 0 Å². The molecule has 0 amide bonds. The van der Waals surface area contributed by atoms with Crippen LogP contribution in [-0.2, 0) is 56.2 Å². The van der Waals surface area contributed by atoms with Gasteiger partial charge in [0, 0.05) is 17.1 Å². The van der Waals surface area contributed by atoms with Gasteiger partial charge in [0.1, 0.15) is 0 Å². The molecule has 0 aliphatic carbocycles. The molecular weight excluding hydrogens is 585 g/mol. The van der Waals surface area contributed by atoms with E-state index in [1.165, 1.54) is 0 Å². The Morgan fingerprint density at radius 3 is 0.677 bits per heavy atom. The first-order valence-electron chi connectivity index (χ1n) is 1.79. The fourth-order valence-electron chi connectivity index (χ4n) is 0. The molecule has 0 rings (SSSR count). The van der Waals surface area contributed by atoms with Gasteiger partial charge in [-0.3, -0.25) is 0 Å². The predicted octanol–water partition coefficient (Wildman–Crippen LogP) is 5.69. The SMILES string of the molecule is C.C.C.C.C.C.C.C.C.C.C.C.C.C.C.C.C.C.O=[C-]OO.O=[Se](=O)([O-])[Na].[Mn].[Na+].[O]=[Zn]. The van der Waals surface area contributed by atoms with E-state index < -0.39 is 8.59 Å². The van der Waals surface area contributed by atoms with E-state index >= 15 is 0 Å². The Hall–Kier alpha value is 2.45. The van der Waals surface area contributed by atoms with Crippen LogP contribution in [0.2, 0.25) is 0 Å². The van der Waals surface area contributed by atoms with Crippen molar-refractivity contribution in [3.05, 3.63) is 0 Å². The van der Waals surface area contributed by atoms with Crippen molar-refractivity contribution in [2.45, 2.75) is 134 Å². The Kier molecular flexibility index (Phi) is 3060. The van der Waals surface area contributed by atoms with Crippen molar-refractivity contribution < 1.29 is 95.3 Å². The zero-order valence-corrected chi connectivity index (χ0v) is 16.8. The number of rotatable bonds is 1. The number of hydrogen-bond acceptors (Lipinski definition) is 7. The molecule has 209 valence electrons. The Morgan fingerprint density at radius 2 is 0.677 bits per heavy atom. The van der Waals surface area contributed by atoms with Crippen LogP contribution in [0, 0.1) is 0 Å². The molecule has 0 aromatic heterocycles. The van der Waals surface area contributed by atoms with Gasteiger partial charge in [0.2, 0.25) is 0 Å². The zero-order valence-electron chi connectivity index (χ0n) is 6.89. The summed E-state index contributed by atoms with van der Waals surface area (Å²) in [5.74, 6) is 0. The molecule has 7 nitrogen and oxygen atoms in total. The molecule has 0 aromatic carbocycles. The van der Waals surface area contributed by atoms with Crippen molar-refractivity contribution in [1.82, 2.24) is 0 Å². The summed E-state index contributed by atoms with van der Waals surface area (Å²) in [5, 5.41) is 6.95. The van der Waals surface area contributed by atoms with Gasteiger partial charge in [0.05, 0.1) is 0 Å². The minimum atomic E-state index is -4.36. The Labute approximate surface area is 266 Å². The first kappa shape index (κ1) is 322. The van der Waals surface area contributed by atoms with E-state index in [9.17, 15) is 11.9 Å². The van der Waals surface area contributed by atoms with Crippen molar-refractivity contribution in [1.29, 1.82) is 0 Å². The summed E-state index contributed by atoms with van der Waals surface area (Å²) >= 11 is -0.0775. The van der Waals surface area contributed by atoms with Crippen molar-refractivity contribution >= 4 is 40.4 Å². The molecule has 1 N–H and O–H groups in total. The second-order valence-electron chi connectivity index (χ2n) is 0.879. The van der Waals surface area contributed by atoms with E-state index in [1.54, 1.807) is 0 Å². The quantitative estimate of drug-likeness (QED) is 0.166. The van der Waals surface area contributed by atoms with Gasteiger partial charge in [-0.25, -0.2) is 5.26 Å². The predicted molar refractivity (Wildman–Crippen MR) is 144 cm³/mol. The second-order valence-corrected chi connectivity index (χ2v) is 9.03. The van der Waals surface area contributed by atoms with Crippen molar-refractivity contribution in [3.8, 4) is 0 Å². The fraction of sp³-hybridized carbons (Fsp3) is 0.947. The summed E-state index contributed by atoms with van der Waals surface area (Å²) in [6.45, 7) is 0.736. The van der Waals surface area contributed by atoms with Gasteiger partial charge >= 0.3 is 97.2 Å². The van der Waals surface area contributed by atoms with Gasteiger partial charge in [-0.15, -0.1) is 0 Å². The molecule has 0 saturated heterocycles. The van der Waals surface area contributed by atoms with Crippen LogP contribution >= 0.6 is 0 Å². The van der Waals surface area contributed by atoms with E-state index in [0.29, 0.717) is 0 Å². The molecule has 0 spiro atoms. The third kappa shape index (κ3) is 2520. The van der Waals surface area contributed by atoms with Crippen molar-refractivity contribution in [2.24, 2.45) is 0 Å². The van der Waals surface area contributed by atoms with Gasteiger partial charge < -0.3 is 9.68 Å². The summed E-state index contributed by atoms with van der Waals surface area (Å²) in [5.41, 5.74) is 0. The Morgan fingerprint density at radius 1 is 0.645 bits per heavy atom. The summed E-state index contributed by atoms with van der Waals surface area (Å²) in [6, 6.07) is 0.